The van der Waals surface area contributed by atoms with Crippen LogP contribution in [0.3, 0.4) is 0 Å². The van der Waals surface area contributed by atoms with Gasteiger partial charge in [0.25, 0.3) is 0 Å². The molecule has 1 atom stereocenters. The van der Waals surface area contributed by atoms with E-state index in [2.05, 4.69) is 5.32 Å². The van der Waals surface area contributed by atoms with Crippen LogP contribution in [0.4, 0.5) is 0 Å². The van der Waals surface area contributed by atoms with Crippen LogP contribution in [0.25, 0.3) is 0 Å². The lowest BCUT2D eigenvalue weighted by atomic mass is 9.80. The van der Waals surface area contributed by atoms with Gasteiger partial charge in [0.2, 0.25) is 11.8 Å². The van der Waals surface area contributed by atoms with Crippen molar-refractivity contribution in [2.45, 2.75) is 38.8 Å². The number of rotatable bonds is 5. The first kappa shape index (κ1) is 16.5. The standard InChI is InChI=1S/C18H22N2O4/c1-11-2-4-12(5-3-11)9-20-10-14(8-16(20)21)17(22)19-15-6-13(7-15)18(23)24/h2-5,13-15H,6-10H2,1H3,(H,19,22)(H,23,24). The molecule has 1 unspecified atom stereocenters. The Labute approximate surface area is 140 Å². The number of amides is 2. The Balaban J connectivity index is 1.50. The second-order valence-corrected chi connectivity index (χ2v) is 6.87. The quantitative estimate of drug-likeness (QED) is 0.852. The number of likely N-dealkylation sites (tertiary alicyclic amines) is 1. The molecule has 0 spiro atoms. The van der Waals surface area contributed by atoms with Crippen LogP contribution in [0, 0.1) is 18.8 Å². The van der Waals surface area contributed by atoms with Crippen molar-refractivity contribution < 1.29 is 19.5 Å². The first-order chi connectivity index (χ1) is 11.4. The Morgan fingerprint density at radius 2 is 1.88 bits per heavy atom. The minimum absolute atomic E-state index is 0.00672. The zero-order valence-electron chi connectivity index (χ0n) is 13.7. The Hall–Kier alpha value is -2.37. The molecule has 1 aliphatic heterocycles. The van der Waals surface area contributed by atoms with Gasteiger partial charge in [0, 0.05) is 25.6 Å². The largest absolute Gasteiger partial charge is 0.481 e. The minimum atomic E-state index is -0.805. The Kier molecular flexibility index (Phi) is 4.55. The monoisotopic (exact) mass is 330 g/mol. The molecule has 2 amide bonds. The molecule has 24 heavy (non-hydrogen) atoms. The zero-order chi connectivity index (χ0) is 17.3. The number of nitrogens with one attached hydrogen (secondary N) is 1. The van der Waals surface area contributed by atoms with Crippen molar-refractivity contribution in [2.75, 3.05) is 6.54 Å². The Morgan fingerprint density at radius 1 is 1.21 bits per heavy atom. The molecule has 0 aromatic heterocycles. The molecule has 1 aromatic rings. The highest BCUT2D eigenvalue weighted by atomic mass is 16.4. The van der Waals surface area contributed by atoms with E-state index in [1.807, 2.05) is 31.2 Å². The van der Waals surface area contributed by atoms with E-state index in [1.54, 1.807) is 4.90 Å². The summed E-state index contributed by atoms with van der Waals surface area (Å²) in [7, 11) is 0. The zero-order valence-corrected chi connectivity index (χ0v) is 13.7. The predicted octanol–water partition coefficient (Wildman–Crippen LogP) is 1.32. The van der Waals surface area contributed by atoms with Gasteiger partial charge in [0.15, 0.2) is 0 Å². The molecule has 2 aliphatic rings. The third kappa shape index (κ3) is 3.58. The molecule has 2 fully saturated rings. The van der Waals surface area contributed by atoms with E-state index >= 15 is 0 Å². The van der Waals surface area contributed by atoms with Crippen LogP contribution < -0.4 is 5.32 Å². The van der Waals surface area contributed by atoms with E-state index in [4.69, 9.17) is 5.11 Å². The second kappa shape index (κ2) is 6.63. The number of hydrogen-bond acceptors (Lipinski definition) is 3. The number of hydrogen-bond donors (Lipinski definition) is 2. The lowest BCUT2D eigenvalue weighted by molar-refractivity contribution is -0.146. The average molecular weight is 330 g/mol. The summed E-state index contributed by atoms with van der Waals surface area (Å²) in [6.45, 7) is 2.96. The SMILES string of the molecule is Cc1ccc(CN2CC(C(=O)NC3CC(C(=O)O)C3)CC2=O)cc1. The summed E-state index contributed by atoms with van der Waals surface area (Å²) in [5, 5.41) is 11.7. The van der Waals surface area contributed by atoms with Gasteiger partial charge in [-0.25, -0.2) is 0 Å². The molecular formula is C18H22N2O4. The van der Waals surface area contributed by atoms with Gasteiger partial charge in [-0.1, -0.05) is 29.8 Å². The summed E-state index contributed by atoms with van der Waals surface area (Å²) < 4.78 is 0. The first-order valence-corrected chi connectivity index (χ1v) is 8.29. The smallest absolute Gasteiger partial charge is 0.306 e. The molecule has 1 aliphatic carbocycles. The lowest BCUT2D eigenvalue weighted by Crippen LogP contribution is -2.48. The fourth-order valence-corrected chi connectivity index (χ4v) is 3.27. The van der Waals surface area contributed by atoms with Gasteiger partial charge in [-0.15, -0.1) is 0 Å². The van der Waals surface area contributed by atoms with E-state index < -0.39 is 5.97 Å². The fourth-order valence-electron chi connectivity index (χ4n) is 3.27. The van der Waals surface area contributed by atoms with Crippen molar-refractivity contribution in [1.29, 1.82) is 0 Å². The van der Waals surface area contributed by atoms with Crippen LogP contribution in [0.15, 0.2) is 24.3 Å². The maximum atomic E-state index is 12.3. The third-order valence-electron chi connectivity index (χ3n) is 4.91. The molecule has 6 heteroatoms. The van der Waals surface area contributed by atoms with Crippen molar-refractivity contribution >= 4 is 17.8 Å². The van der Waals surface area contributed by atoms with E-state index in [9.17, 15) is 14.4 Å². The van der Waals surface area contributed by atoms with Gasteiger partial charge < -0.3 is 15.3 Å². The number of carboxylic acids is 1. The number of aryl methyl sites for hydroxylation is 1. The predicted molar refractivity (Wildman–Crippen MR) is 87.0 cm³/mol. The minimum Gasteiger partial charge on any atom is -0.481 e. The third-order valence-corrected chi connectivity index (χ3v) is 4.91. The van der Waals surface area contributed by atoms with Crippen LogP contribution >= 0.6 is 0 Å². The fraction of sp³-hybridized carbons (Fsp3) is 0.500. The van der Waals surface area contributed by atoms with Crippen molar-refractivity contribution in [3.63, 3.8) is 0 Å². The van der Waals surface area contributed by atoms with E-state index in [0.29, 0.717) is 25.9 Å². The summed E-state index contributed by atoms with van der Waals surface area (Å²) >= 11 is 0. The molecule has 1 aromatic carbocycles. The highest BCUT2D eigenvalue weighted by Crippen LogP contribution is 2.28. The number of carbonyl (C=O) groups is 3. The van der Waals surface area contributed by atoms with Crippen LogP contribution in [0.2, 0.25) is 0 Å². The summed E-state index contributed by atoms with van der Waals surface area (Å²) in [6, 6.07) is 7.94. The van der Waals surface area contributed by atoms with E-state index in [1.165, 1.54) is 5.56 Å². The number of carbonyl (C=O) groups excluding carboxylic acids is 2. The molecule has 1 saturated carbocycles. The van der Waals surface area contributed by atoms with Gasteiger partial charge in [0.1, 0.15) is 0 Å². The maximum Gasteiger partial charge on any atom is 0.306 e. The normalized spacial score (nSPS) is 26.1. The molecule has 0 radical (unpaired) electrons. The molecule has 128 valence electrons. The molecule has 3 rings (SSSR count). The lowest BCUT2D eigenvalue weighted by Gasteiger charge is -2.33. The molecular weight excluding hydrogens is 308 g/mol. The summed E-state index contributed by atoms with van der Waals surface area (Å²) in [5.41, 5.74) is 2.22. The summed E-state index contributed by atoms with van der Waals surface area (Å²) in [5.74, 6) is -1.64. The summed E-state index contributed by atoms with van der Waals surface area (Å²) in [6.07, 6.45) is 1.19. The van der Waals surface area contributed by atoms with Crippen molar-refractivity contribution in [1.82, 2.24) is 10.2 Å². The highest BCUT2D eigenvalue weighted by Gasteiger charge is 2.39. The van der Waals surface area contributed by atoms with E-state index in [0.717, 1.165) is 5.56 Å². The van der Waals surface area contributed by atoms with E-state index in [-0.39, 0.29) is 36.1 Å². The number of aliphatic carboxylic acids is 1. The van der Waals surface area contributed by atoms with Crippen molar-refractivity contribution in [3.8, 4) is 0 Å². The molecule has 2 N–H and O–H groups in total. The molecule has 6 nitrogen and oxygen atoms in total. The van der Waals surface area contributed by atoms with Crippen LogP contribution in [0.5, 0.6) is 0 Å². The molecule has 1 saturated heterocycles. The number of nitrogens with zero attached hydrogens (tertiary/aromatic N) is 1. The first-order valence-electron chi connectivity index (χ1n) is 8.29. The van der Waals surface area contributed by atoms with Gasteiger partial charge in [-0.05, 0) is 25.3 Å². The van der Waals surface area contributed by atoms with Crippen molar-refractivity contribution in [3.05, 3.63) is 35.4 Å². The number of carboxylic acid groups (broad SMARTS) is 1. The van der Waals surface area contributed by atoms with Gasteiger partial charge in [-0.2, -0.15) is 0 Å². The average Bonchev–Trinajstić information content (AvgIpc) is 2.85. The van der Waals surface area contributed by atoms with Crippen molar-refractivity contribution in [2.24, 2.45) is 11.8 Å². The van der Waals surface area contributed by atoms with Gasteiger partial charge in [-0.3, -0.25) is 14.4 Å². The van der Waals surface area contributed by atoms with Crippen LogP contribution in [-0.4, -0.2) is 40.4 Å². The van der Waals surface area contributed by atoms with Gasteiger partial charge >= 0.3 is 5.97 Å². The number of benzene rings is 1. The molecule has 0 bridgehead atoms. The maximum absolute atomic E-state index is 12.3. The topological polar surface area (TPSA) is 86.7 Å². The molecule has 1 heterocycles. The van der Waals surface area contributed by atoms with Gasteiger partial charge in [0.05, 0.1) is 11.8 Å². The Bertz CT molecular complexity index is 649. The second-order valence-electron chi connectivity index (χ2n) is 6.87. The van der Waals surface area contributed by atoms with Crippen LogP contribution in [0.1, 0.15) is 30.4 Å². The van der Waals surface area contributed by atoms with Crippen LogP contribution in [-0.2, 0) is 20.9 Å². The Morgan fingerprint density at radius 3 is 2.50 bits per heavy atom. The summed E-state index contributed by atoms with van der Waals surface area (Å²) in [4.78, 5) is 36.9. The highest BCUT2D eigenvalue weighted by molar-refractivity contribution is 5.89.